The number of hydrogen-bond acceptors (Lipinski definition) is 5. The SMILES string of the molecule is CCC(CC)CC(=O)c1cc(O)c(O)c(O)c(=O)c1. The molecule has 0 bridgehead atoms. The first kappa shape index (κ1) is 15.0. The molecule has 0 aliphatic carbocycles. The summed E-state index contributed by atoms with van der Waals surface area (Å²) in [7, 11) is 0. The summed E-state index contributed by atoms with van der Waals surface area (Å²) < 4.78 is 0. The van der Waals surface area contributed by atoms with Crippen LogP contribution in [0, 0.1) is 5.92 Å². The molecule has 0 aliphatic heterocycles. The molecular formula is C14H18O5. The number of carbonyl (C=O) groups excluding carboxylic acids is 1. The van der Waals surface area contributed by atoms with E-state index in [9.17, 15) is 24.9 Å². The molecule has 0 radical (unpaired) electrons. The standard InChI is InChI=1S/C14H18O5/c1-3-8(4-2)5-10(15)9-6-11(16)13(18)14(19)12(17)7-9/h6-8H,3-5H2,1-2H3,(H3,16,17,18,19). The van der Waals surface area contributed by atoms with Gasteiger partial charge < -0.3 is 15.3 Å². The van der Waals surface area contributed by atoms with E-state index in [2.05, 4.69) is 0 Å². The maximum Gasteiger partial charge on any atom is 0.224 e. The van der Waals surface area contributed by atoms with Crippen LogP contribution < -0.4 is 5.43 Å². The molecule has 0 aliphatic rings. The van der Waals surface area contributed by atoms with Crippen LogP contribution in [0.15, 0.2) is 16.9 Å². The minimum absolute atomic E-state index is 0.00926. The van der Waals surface area contributed by atoms with Gasteiger partial charge in [0.2, 0.25) is 16.9 Å². The molecule has 0 atom stereocenters. The molecule has 0 fully saturated rings. The fourth-order valence-corrected chi connectivity index (χ4v) is 1.82. The highest BCUT2D eigenvalue weighted by Gasteiger charge is 2.16. The fourth-order valence-electron chi connectivity index (χ4n) is 1.82. The lowest BCUT2D eigenvalue weighted by Gasteiger charge is -2.10. The van der Waals surface area contributed by atoms with Crippen LogP contribution in [0.2, 0.25) is 0 Å². The van der Waals surface area contributed by atoms with E-state index in [0.29, 0.717) is 0 Å². The molecule has 19 heavy (non-hydrogen) atoms. The van der Waals surface area contributed by atoms with Crippen molar-refractivity contribution < 1.29 is 20.1 Å². The third kappa shape index (κ3) is 3.47. The summed E-state index contributed by atoms with van der Waals surface area (Å²) in [5, 5.41) is 28.1. The van der Waals surface area contributed by atoms with Crippen molar-refractivity contribution >= 4 is 5.78 Å². The Balaban J connectivity index is 3.19. The lowest BCUT2D eigenvalue weighted by Crippen LogP contribution is -2.08. The molecule has 1 rings (SSSR count). The highest BCUT2D eigenvalue weighted by molar-refractivity contribution is 5.96. The molecule has 1 aromatic carbocycles. The van der Waals surface area contributed by atoms with E-state index in [1.54, 1.807) is 0 Å². The lowest BCUT2D eigenvalue weighted by atomic mass is 9.94. The highest BCUT2D eigenvalue weighted by Crippen LogP contribution is 2.31. The van der Waals surface area contributed by atoms with Gasteiger partial charge in [0.1, 0.15) is 0 Å². The third-order valence-corrected chi connectivity index (χ3v) is 3.23. The normalized spacial score (nSPS) is 10.7. The molecule has 0 spiro atoms. The van der Waals surface area contributed by atoms with Crippen LogP contribution in [0.25, 0.3) is 0 Å². The first-order chi connectivity index (χ1) is 8.90. The van der Waals surface area contributed by atoms with Crippen LogP contribution in [0.1, 0.15) is 43.5 Å². The summed E-state index contributed by atoms with van der Waals surface area (Å²) >= 11 is 0. The van der Waals surface area contributed by atoms with Gasteiger partial charge in [-0.25, -0.2) is 0 Å². The van der Waals surface area contributed by atoms with Crippen molar-refractivity contribution in [2.24, 2.45) is 5.92 Å². The van der Waals surface area contributed by atoms with E-state index in [1.807, 2.05) is 13.8 Å². The van der Waals surface area contributed by atoms with Crippen molar-refractivity contribution in [3.63, 3.8) is 0 Å². The second-order valence-corrected chi connectivity index (χ2v) is 4.50. The Morgan fingerprint density at radius 2 is 1.68 bits per heavy atom. The lowest BCUT2D eigenvalue weighted by molar-refractivity contribution is 0.0958. The van der Waals surface area contributed by atoms with Gasteiger partial charge in [-0.15, -0.1) is 0 Å². The second kappa shape index (κ2) is 6.22. The van der Waals surface area contributed by atoms with Crippen molar-refractivity contribution in [3.05, 3.63) is 27.9 Å². The number of rotatable bonds is 5. The average molecular weight is 266 g/mol. The van der Waals surface area contributed by atoms with Crippen LogP contribution in [0.5, 0.6) is 17.2 Å². The minimum atomic E-state index is -0.959. The van der Waals surface area contributed by atoms with Crippen molar-refractivity contribution in [2.75, 3.05) is 0 Å². The van der Waals surface area contributed by atoms with E-state index in [1.165, 1.54) is 0 Å². The molecule has 1 aromatic rings. The molecule has 0 unspecified atom stereocenters. The van der Waals surface area contributed by atoms with Crippen LogP contribution in [-0.2, 0) is 0 Å². The Labute approximate surface area is 111 Å². The zero-order valence-corrected chi connectivity index (χ0v) is 11.0. The molecule has 0 saturated carbocycles. The zero-order valence-electron chi connectivity index (χ0n) is 11.0. The average Bonchev–Trinajstić information content (AvgIpc) is 2.49. The van der Waals surface area contributed by atoms with E-state index in [-0.39, 0.29) is 23.7 Å². The van der Waals surface area contributed by atoms with Crippen LogP contribution >= 0.6 is 0 Å². The van der Waals surface area contributed by atoms with Gasteiger partial charge in [-0.2, -0.15) is 0 Å². The Morgan fingerprint density at radius 1 is 1.11 bits per heavy atom. The number of hydrogen-bond donors (Lipinski definition) is 3. The number of ketones is 1. The summed E-state index contributed by atoms with van der Waals surface area (Å²) in [5.74, 6) is -2.65. The van der Waals surface area contributed by atoms with Gasteiger partial charge in [0.15, 0.2) is 11.5 Å². The van der Waals surface area contributed by atoms with Crippen LogP contribution in [0.4, 0.5) is 0 Å². The Morgan fingerprint density at radius 3 is 2.21 bits per heavy atom. The largest absolute Gasteiger partial charge is 0.504 e. The molecule has 5 heteroatoms. The second-order valence-electron chi connectivity index (χ2n) is 4.50. The first-order valence-corrected chi connectivity index (χ1v) is 6.23. The summed E-state index contributed by atoms with van der Waals surface area (Å²) in [6.07, 6.45) is 1.94. The van der Waals surface area contributed by atoms with Gasteiger partial charge >= 0.3 is 0 Å². The molecular weight excluding hydrogens is 248 g/mol. The van der Waals surface area contributed by atoms with E-state index in [4.69, 9.17) is 0 Å². The van der Waals surface area contributed by atoms with E-state index < -0.39 is 22.7 Å². The predicted octanol–water partition coefficient (Wildman–Crippen LogP) is 2.17. The maximum absolute atomic E-state index is 12.0. The van der Waals surface area contributed by atoms with Gasteiger partial charge in [0.25, 0.3) is 0 Å². The molecule has 0 heterocycles. The van der Waals surface area contributed by atoms with Gasteiger partial charge in [0, 0.05) is 18.1 Å². The van der Waals surface area contributed by atoms with Gasteiger partial charge in [-0.3, -0.25) is 9.59 Å². The third-order valence-electron chi connectivity index (χ3n) is 3.23. The fraction of sp³-hybridized carbons (Fsp3) is 0.429. The number of carbonyl (C=O) groups is 1. The van der Waals surface area contributed by atoms with E-state index >= 15 is 0 Å². The predicted molar refractivity (Wildman–Crippen MR) is 70.7 cm³/mol. The smallest absolute Gasteiger partial charge is 0.224 e. The Kier molecular flexibility index (Phi) is 4.92. The monoisotopic (exact) mass is 266 g/mol. The molecule has 104 valence electrons. The highest BCUT2D eigenvalue weighted by atomic mass is 16.3. The van der Waals surface area contributed by atoms with Gasteiger partial charge in [-0.05, 0) is 12.0 Å². The zero-order chi connectivity index (χ0) is 14.6. The maximum atomic E-state index is 12.0. The minimum Gasteiger partial charge on any atom is -0.504 e. The summed E-state index contributed by atoms with van der Waals surface area (Å²) in [6.45, 7) is 3.95. The van der Waals surface area contributed by atoms with Crippen molar-refractivity contribution in [2.45, 2.75) is 33.1 Å². The molecule has 0 saturated heterocycles. The summed E-state index contributed by atoms with van der Waals surface area (Å²) in [6, 6.07) is 1.93. The molecule has 0 amide bonds. The quantitative estimate of drug-likeness (QED) is 0.710. The summed E-state index contributed by atoms with van der Waals surface area (Å²) in [4.78, 5) is 23.5. The Bertz CT molecular complexity index is 532. The van der Waals surface area contributed by atoms with Crippen LogP contribution in [0.3, 0.4) is 0 Å². The molecule has 0 aromatic heterocycles. The van der Waals surface area contributed by atoms with Crippen LogP contribution in [-0.4, -0.2) is 21.1 Å². The van der Waals surface area contributed by atoms with Crippen molar-refractivity contribution in [3.8, 4) is 17.2 Å². The van der Waals surface area contributed by atoms with Gasteiger partial charge in [0.05, 0.1) is 0 Å². The number of Topliss-reactive ketones (excluding diaryl/α,β-unsaturated/α-hetero) is 1. The van der Waals surface area contributed by atoms with Crippen molar-refractivity contribution in [1.29, 1.82) is 0 Å². The van der Waals surface area contributed by atoms with E-state index in [0.717, 1.165) is 25.0 Å². The van der Waals surface area contributed by atoms with Gasteiger partial charge in [-0.1, -0.05) is 26.7 Å². The van der Waals surface area contributed by atoms with Crippen molar-refractivity contribution in [1.82, 2.24) is 0 Å². The number of aromatic hydroxyl groups is 3. The molecule has 3 N–H and O–H groups in total. The first-order valence-electron chi connectivity index (χ1n) is 6.23. The molecule has 5 nitrogen and oxygen atoms in total. The Hall–Kier alpha value is -2.04. The topological polar surface area (TPSA) is 94.8 Å². The summed E-state index contributed by atoms with van der Waals surface area (Å²) in [5.41, 5.74) is -0.907.